The lowest BCUT2D eigenvalue weighted by Gasteiger charge is -2.23. The van der Waals surface area contributed by atoms with Crippen molar-refractivity contribution >= 4 is 22.1 Å². The lowest BCUT2D eigenvalue weighted by Crippen LogP contribution is -2.34. The van der Waals surface area contributed by atoms with Crippen molar-refractivity contribution in [2.75, 3.05) is 13.1 Å². The molecule has 1 aliphatic heterocycles. The molecule has 6 aromatic heterocycles. The van der Waals surface area contributed by atoms with Crippen LogP contribution in [0.3, 0.4) is 0 Å². The first kappa shape index (κ1) is 20.8. The third-order valence-corrected chi connectivity index (χ3v) is 6.46. The lowest BCUT2D eigenvalue weighted by atomic mass is 10.1. The fraction of sp³-hybridized carbons (Fsp3) is 0.192. The van der Waals surface area contributed by atoms with E-state index in [1.54, 1.807) is 37.3 Å². The van der Waals surface area contributed by atoms with E-state index in [4.69, 9.17) is 19.1 Å². The summed E-state index contributed by atoms with van der Waals surface area (Å²) in [5, 5.41) is 10.9. The van der Waals surface area contributed by atoms with Crippen molar-refractivity contribution in [1.29, 1.82) is 0 Å². The molecular weight excluding hydrogens is 456 g/mol. The number of nitrogens with one attached hydrogen (secondary N) is 3. The maximum absolute atomic E-state index is 6.18. The van der Waals surface area contributed by atoms with Crippen LogP contribution in [0.4, 0.5) is 0 Å². The van der Waals surface area contributed by atoms with Gasteiger partial charge in [0.2, 0.25) is 0 Å². The molecule has 178 valence electrons. The summed E-state index contributed by atoms with van der Waals surface area (Å²) in [5.41, 5.74) is 7.23. The summed E-state index contributed by atoms with van der Waals surface area (Å²) in [7, 11) is 0. The number of fused-ring (bicyclic) bond motifs is 2. The van der Waals surface area contributed by atoms with E-state index in [0.29, 0.717) is 17.0 Å². The second kappa shape index (κ2) is 8.58. The first-order valence-corrected chi connectivity index (χ1v) is 11.9. The summed E-state index contributed by atoms with van der Waals surface area (Å²) >= 11 is 0. The van der Waals surface area contributed by atoms with Gasteiger partial charge in [0.05, 0.1) is 41.6 Å². The van der Waals surface area contributed by atoms with Gasteiger partial charge in [-0.1, -0.05) is 0 Å². The van der Waals surface area contributed by atoms with Gasteiger partial charge in [-0.15, -0.1) is 0 Å². The maximum atomic E-state index is 6.18. The quantitative estimate of drug-likeness (QED) is 0.333. The highest BCUT2D eigenvalue weighted by atomic mass is 16.5. The molecule has 1 aliphatic rings. The van der Waals surface area contributed by atoms with Crippen molar-refractivity contribution in [3.63, 3.8) is 0 Å². The molecule has 6 aromatic rings. The first-order valence-electron chi connectivity index (χ1n) is 11.9. The van der Waals surface area contributed by atoms with Crippen molar-refractivity contribution in [2.24, 2.45) is 0 Å². The maximum Gasteiger partial charge on any atom is 0.161 e. The number of ether oxygens (including phenoxy) is 1. The number of H-pyrrole nitrogens is 2. The summed E-state index contributed by atoms with van der Waals surface area (Å²) in [6.45, 7) is 1.95. The van der Waals surface area contributed by atoms with Gasteiger partial charge in [-0.2, -0.15) is 5.10 Å². The molecule has 1 fully saturated rings. The standard InChI is InChI=1S/C26H22N8O2/c1-2-21-24(30-20(1)16-9-18(11-28-10-16)36-17-3-6-27-7-4-17)25(34-33-21)26-31-22-13-29-12-19(23(22)32-26)15-5-8-35-14-15/h1-2,5,8-14,17,27H,3-4,6-7H2,(H,31,32)(H,33,34). The van der Waals surface area contributed by atoms with E-state index in [-0.39, 0.29) is 6.10 Å². The Bertz CT molecular complexity index is 1660. The minimum absolute atomic E-state index is 0.203. The third kappa shape index (κ3) is 3.68. The van der Waals surface area contributed by atoms with Crippen molar-refractivity contribution in [3.8, 4) is 39.7 Å². The number of rotatable bonds is 5. The molecule has 0 radical (unpaired) electrons. The van der Waals surface area contributed by atoms with Crippen LogP contribution in [0.1, 0.15) is 12.8 Å². The Morgan fingerprint density at radius 1 is 0.889 bits per heavy atom. The molecule has 0 spiro atoms. The van der Waals surface area contributed by atoms with Gasteiger partial charge in [0.15, 0.2) is 11.5 Å². The fourth-order valence-corrected chi connectivity index (χ4v) is 4.63. The molecular formula is C26H22N8O2. The van der Waals surface area contributed by atoms with Crippen LogP contribution in [-0.4, -0.2) is 54.3 Å². The van der Waals surface area contributed by atoms with Crippen LogP contribution in [0, 0.1) is 0 Å². The predicted octanol–water partition coefficient (Wildman–Crippen LogP) is 4.35. The molecule has 0 aromatic carbocycles. The monoisotopic (exact) mass is 478 g/mol. The highest BCUT2D eigenvalue weighted by Gasteiger charge is 2.18. The first-order chi connectivity index (χ1) is 17.8. The van der Waals surface area contributed by atoms with E-state index in [9.17, 15) is 0 Å². The Balaban J connectivity index is 1.26. The fourth-order valence-electron chi connectivity index (χ4n) is 4.63. The van der Waals surface area contributed by atoms with E-state index in [1.807, 2.05) is 24.3 Å². The zero-order valence-electron chi connectivity index (χ0n) is 19.2. The van der Waals surface area contributed by atoms with Crippen LogP contribution in [0.2, 0.25) is 0 Å². The van der Waals surface area contributed by atoms with Crippen molar-refractivity contribution in [2.45, 2.75) is 18.9 Å². The SMILES string of the molecule is c1cc(-c2cncc3[nH]c(-c4n[nH]c5ccc(-c6cncc(OC7CCNCC7)c6)nc45)nc23)co1. The van der Waals surface area contributed by atoms with E-state index in [0.717, 1.165) is 70.6 Å². The minimum atomic E-state index is 0.203. The number of hydrogen-bond donors (Lipinski definition) is 3. The Hall–Kier alpha value is -4.57. The largest absolute Gasteiger partial charge is 0.489 e. The molecule has 0 bridgehead atoms. The molecule has 0 aliphatic carbocycles. The van der Waals surface area contributed by atoms with E-state index in [1.165, 1.54) is 0 Å². The summed E-state index contributed by atoms with van der Waals surface area (Å²) in [6, 6.07) is 7.80. The number of pyridine rings is 3. The molecule has 0 atom stereocenters. The highest BCUT2D eigenvalue weighted by molar-refractivity contribution is 5.95. The van der Waals surface area contributed by atoms with Gasteiger partial charge in [0, 0.05) is 29.1 Å². The van der Waals surface area contributed by atoms with E-state index < -0.39 is 0 Å². The van der Waals surface area contributed by atoms with Crippen LogP contribution < -0.4 is 10.1 Å². The molecule has 3 N–H and O–H groups in total. The second-order valence-electron chi connectivity index (χ2n) is 8.82. The smallest absolute Gasteiger partial charge is 0.161 e. The number of hydrogen-bond acceptors (Lipinski definition) is 8. The van der Waals surface area contributed by atoms with Crippen molar-refractivity contribution in [1.82, 2.24) is 40.4 Å². The van der Waals surface area contributed by atoms with Gasteiger partial charge >= 0.3 is 0 Å². The lowest BCUT2D eigenvalue weighted by molar-refractivity contribution is 0.162. The van der Waals surface area contributed by atoms with Crippen molar-refractivity contribution < 1.29 is 9.15 Å². The number of furan rings is 1. The average Bonchev–Trinajstić information content (AvgIpc) is 3.68. The van der Waals surface area contributed by atoms with Crippen molar-refractivity contribution in [3.05, 3.63) is 61.6 Å². The molecule has 0 amide bonds. The van der Waals surface area contributed by atoms with E-state index >= 15 is 0 Å². The number of aromatic nitrogens is 7. The molecule has 7 heterocycles. The van der Waals surface area contributed by atoms with E-state index in [2.05, 4.69) is 30.5 Å². The average molecular weight is 479 g/mol. The summed E-state index contributed by atoms with van der Waals surface area (Å²) in [4.78, 5) is 21.9. The molecule has 7 rings (SSSR count). The Morgan fingerprint density at radius 3 is 2.69 bits per heavy atom. The molecule has 0 unspecified atom stereocenters. The van der Waals surface area contributed by atoms with Crippen LogP contribution in [0.15, 0.2) is 66.0 Å². The topological polar surface area (TPSA) is 130 Å². The summed E-state index contributed by atoms with van der Waals surface area (Å²) in [6.07, 6.45) is 12.6. The molecule has 1 saturated heterocycles. The van der Waals surface area contributed by atoms with Gasteiger partial charge in [-0.05, 0) is 50.2 Å². The van der Waals surface area contributed by atoms with Gasteiger partial charge in [-0.25, -0.2) is 9.97 Å². The Morgan fingerprint density at radius 2 is 1.81 bits per heavy atom. The number of imidazole rings is 1. The van der Waals surface area contributed by atoms with Gasteiger partial charge in [-0.3, -0.25) is 15.1 Å². The number of piperidine rings is 1. The minimum Gasteiger partial charge on any atom is -0.489 e. The van der Waals surface area contributed by atoms with Crippen LogP contribution >= 0.6 is 0 Å². The normalized spacial score (nSPS) is 14.6. The summed E-state index contributed by atoms with van der Waals surface area (Å²) < 4.78 is 11.4. The van der Waals surface area contributed by atoms with Gasteiger partial charge in [0.25, 0.3) is 0 Å². The second-order valence-corrected chi connectivity index (χ2v) is 8.82. The zero-order valence-corrected chi connectivity index (χ0v) is 19.2. The predicted molar refractivity (Wildman–Crippen MR) is 134 cm³/mol. The van der Waals surface area contributed by atoms with Gasteiger partial charge < -0.3 is 19.5 Å². The van der Waals surface area contributed by atoms with Crippen LogP contribution in [0.5, 0.6) is 5.75 Å². The molecule has 10 heteroatoms. The molecule has 10 nitrogen and oxygen atoms in total. The Kier molecular flexibility index (Phi) is 4.95. The Labute approximate surface area is 205 Å². The highest BCUT2D eigenvalue weighted by Crippen LogP contribution is 2.32. The number of aromatic amines is 2. The molecule has 0 saturated carbocycles. The van der Waals surface area contributed by atoms with Gasteiger partial charge in [0.1, 0.15) is 22.9 Å². The van der Waals surface area contributed by atoms with Crippen LogP contribution in [-0.2, 0) is 0 Å². The summed E-state index contributed by atoms with van der Waals surface area (Å²) in [5.74, 6) is 1.37. The number of nitrogens with zero attached hydrogens (tertiary/aromatic N) is 5. The molecule has 36 heavy (non-hydrogen) atoms. The third-order valence-electron chi connectivity index (χ3n) is 6.46. The zero-order chi connectivity index (χ0) is 23.9. The van der Waals surface area contributed by atoms with Crippen LogP contribution in [0.25, 0.3) is 56.0 Å².